The topological polar surface area (TPSA) is 29.5 Å². The van der Waals surface area contributed by atoms with Crippen LogP contribution in [0.5, 0.6) is 11.5 Å². The predicted octanol–water partition coefficient (Wildman–Crippen LogP) is 4.21. The zero-order valence-electron chi connectivity index (χ0n) is 12.3. The molecule has 19 heavy (non-hydrogen) atoms. The molecule has 0 heterocycles. The van der Waals surface area contributed by atoms with Gasteiger partial charge in [0.25, 0.3) is 0 Å². The summed E-state index contributed by atoms with van der Waals surface area (Å²) in [6.45, 7) is 10.9. The zero-order chi connectivity index (χ0) is 14.2. The van der Waals surface area contributed by atoms with Gasteiger partial charge < -0.3 is 9.53 Å². The lowest BCUT2D eigenvalue weighted by atomic mass is 9.85. The minimum Gasteiger partial charge on any atom is -0.546 e. The SMILES string of the molecule is C[SiH](C)Oc1c(C(C)(C)C)ccc2ccc(O)cc12. The second-order valence-electron chi connectivity index (χ2n) is 6.26. The Balaban J connectivity index is 2.75. The molecule has 0 spiro atoms. The number of rotatable bonds is 2. The van der Waals surface area contributed by atoms with E-state index in [9.17, 15) is 5.11 Å². The maximum absolute atomic E-state index is 9.74. The molecule has 0 unspecified atom stereocenters. The number of fused-ring (bicyclic) bond motifs is 1. The molecule has 102 valence electrons. The van der Waals surface area contributed by atoms with Crippen molar-refractivity contribution in [2.45, 2.75) is 39.3 Å². The third-order valence-corrected chi connectivity index (χ3v) is 3.82. The van der Waals surface area contributed by atoms with Crippen LogP contribution in [-0.4, -0.2) is 14.1 Å². The van der Waals surface area contributed by atoms with E-state index in [1.54, 1.807) is 12.1 Å². The smallest absolute Gasteiger partial charge is 0.229 e. The van der Waals surface area contributed by atoms with Crippen molar-refractivity contribution in [3.63, 3.8) is 0 Å². The average molecular weight is 274 g/mol. The van der Waals surface area contributed by atoms with Crippen molar-refractivity contribution in [3.8, 4) is 11.5 Å². The largest absolute Gasteiger partial charge is 0.546 e. The van der Waals surface area contributed by atoms with Crippen LogP contribution in [0.3, 0.4) is 0 Å². The number of hydrogen-bond donors (Lipinski definition) is 1. The summed E-state index contributed by atoms with van der Waals surface area (Å²) in [6.07, 6.45) is 0. The summed E-state index contributed by atoms with van der Waals surface area (Å²) in [5, 5.41) is 11.9. The molecule has 0 aliphatic rings. The van der Waals surface area contributed by atoms with E-state index >= 15 is 0 Å². The summed E-state index contributed by atoms with van der Waals surface area (Å²) in [4.78, 5) is 0. The fourth-order valence-corrected chi connectivity index (χ4v) is 2.96. The second kappa shape index (κ2) is 4.89. The van der Waals surface area contributed by atoms with Crippen LogP contribution in [0.2, 0.25) is 13.1 Å². The molecule has 0 radical (unpaired) electrons. The van der Waals surface area contributed by atoms with Crippen LogP contribution in [0.1, 0.15) is 26.3 Å². The van der Waals surface area contributed by atoms with Gasteiger partial charge in [-0.3, -0.25) is 0 Å². The fraction of sp³-hybridized carbons (Fsp3) is 0.375. The molecule has 0 fully saturated rings. The summed E-state index contributed by atoms with van der Waals surface area (Å²) < 4.78 is 6.17. The first-order valence-electron chi connectivity index (χ1n) is 6.72. The molecule has 0 bridgehead atoms. The van der Waals surface area contributed by atoms with Gasteiger partial charge in [0.2, 0.25) is 9.04 Å². The van der Waals surface area contributed by atoms with Crippen molar-refractivity contribution in [1.82, 2.24) is 0 Å². The van der Waals surface area contributed by atoms with Gasteiger partial charge in [-0.15, -0.1) is 0 Å². The van der Waals surface area contributed by atoms with E-state index in [4.69, 9.17) is 4.43 Å². The van der Waals surface area contributed by atoms with Crippen LogP contribution >= 0.6 is 0 Å². The van der Waals surface area contributed by atoms with Gasteiger partial charge in [0.1, 0.15) is 11.5 Å². The van der Waals surface area contributed by atoms with Gasteiger partial charge >= 0.3 is 0 Å². The summed E-state index contributed by atoms with van der Waals surface area (Å²) >= 11 is 0. The molecular weight excluding hydrogens is 252 g/mol. The Kier molecular flexibility index (Phi) is 3.59. The molecule has 2 aromatic rings. The van der Waals surface area contributed by atoms with Gasteiger partial charge in [-0.2, -0.15) is 0 Å². The number of aromatic hydroxyl groups is 1. The Labute approximate surface area is 116 Å². The lowest BCUT2D eigenvalue weighted by Crippen LogP contribution is -2.18. The standard InChI is InChI=1S/C16H22O2Si/c1-16(2,3)14-9-7-11-6-8-12(17)10-13(11)15(14)18-19(4)5/h6-10,17,19H,1-5H3. The molecule has 0 atom stereocenters. The number of phenolic OH excluding ortho intramolecular Hbond substituents is 1. The van der Waals surface area contributed by atoms with Gasteiger partial charge in [-0.05, 0) is 41.6 Å². The summed E-state index contributed by atoms with van der Waals surface area (Å²) in [5.41, 5.74) is 1.23. The Bertz CT molecular complexity index is 597. The van der Waals surface area contributed by atoms with E-state index in [1.165, 1.54) is 5.56 Å². The molecule has 2 aromatic carbocycles. The van der Waals surface area contributed by atoms with Crippen LogP contribution in [-0.2, 0) is 5.41 Å². The number of benzene rings is 2. The van der Waals surface area contributed by atoms with Crippen LogP contribution in [0.15, 0.2) is 30.3 Å². The molecule has 0 aromatic heterocycles. The van der Waals surface area contributed by atoms with E-state index in [0.29, 0.717) is 0 Å². The van der Waals surface area contributed by atoms with Crippen molar-refractivity contribution in [2.24, 2.45) is 0 Å². The third kappa shape index (κ3) is 2.92. The van der Waals surface area contributed by atoms with Gasteiger partial charge in [0.15, 0.2) is 0 Å². The highest BCUT2D eigenvalue weighted by Crippen LogP contribution is 2.38. The molecule has 0 amide bonds. The van der Waals surface area contributed by atoms with Crippen molar-refractivity contribution < 1.29 is 9.53 Å². The maximum atomic E-state index is 9.74. The van der Waals surface area contributed by atoms with E-state index in [-0.39, 0.29) is 11.2 Å². The van der Waals surface area contributed by atoms with Gasteiger partial charge in [-0.1, -0.05) is 39.0 Å². The van der Waals surface area contributed by atoms with E-state index in [1.807, 2.05) is 6.07 Å². The number of hydrogen-bond acceptors (Lipinski definition) is 2. The van der Waals surface area contributed by atoms with Crippen molar-refractivity contribution in [2.75, 3.05) is 0 Å². The third-order valence-electron chi connectivity index (χ3n) is 3.12. The van der Waals surface area contributed by atoms with E-state index < -0.39 is 9.04 Å². The van der Waals surface area contributed by atoms with Crippen LogP contribution in [0.25, 0.3) is 10.8 Å². The highest BCUT2D eigenvalue weighted by Gasteiger charge is 2.21. The van der Waals surface area contributed by atoms with Crippen molar-refractivity contribution in [3.05, 3.63) is 35.9 Å². The quantitative estimate of drug-likeness (QED) is 0.831. The van der Waals surface area contributed by atoms with Gasteiger partial charge in [0, 0.05) is 5.39 Å². The van der Waals surface area contributed by atoms with E-state index in [2.05, 4.69) is 46.0 Å². The Morgan fingerprint density at radius 3 is 2.26 bits per heavy atom. The Hall–Kier alpha value is -1.48. The molecule has 1 N–H and O–H groups in total. The van der Waals surface area contributed by atoms with Crippen LogP contribution in [0.4, 0.5) is 0 Å². The molecular formula is C16H22O2Si. The predicted molar refractivity (Wildman–Crippen MR) is 83.8 cm³/mol. The van der Waals surface area contributed by atoms with E-state index in [0.717, 1.165) is 16.5 Å². The average Bonchev–Trinajstić information content (AvgIpc) is 2.27. The fourth-order valence-electron chi connectivity index (χ4n) is 2.23. The number of phenols is 1. The highest BCUT2D eigenvalue weighted by molar-refractivity contribution is 6.49. The highest BCUT2D eigenvalue weighted by atomic mass is 28.3. The van der Waals surface area contributed by atoms with Crippen LogP contribution < -0.4 is 4.43 Å². The minimum absolute atomic E-state index is 0.0261. The zero-order valence-corrected chi connectivity index (χ0v) is 13.5. The van der Waals surface area contributed by atoms with Gasteiger partial charge in [0.05, 0.1) is 0 Å². The lowest BCUT2D eigenvalue weighted by molar-refractivity contribution is 0.475. The summed E-state index contributed by atoms with van der Waals surface area (Å²) in [5.74, 6) is 1.23. The maximum Gasteiger partial charge on any atom is 0.229 e. The Morgan fingerprint density at radius 2 is 1.68 bits per heavy atom. The van der Waals surface area contributed by atoms with Gasteiger partial charge in [-0.25, -0.2) is 0 Å². The van der Waals surface area contributed by atoms with Crippen LogP contribution in [0, 0.1) is 0 Å². The van der Waals surface area contributed by atoms with Crippen molar-refractivity contribution in [1.29, 1.82) is 0 Å². The lowest BCUT2D eigenvalue weighted by Gasteiger charge is -2.25. The first kappa shape index (κ1) is 13.9. The normalized spacial score (nSPS) is 12.1. The molecule has 2 rings (SSSR count). The minimum atomic E-state index is -1.20. The molecule has 0 aliphatic carbocycles. The molecule has 0 saturated heterocycles. The molecule has 0 saturated carbocycles. The Morgan fingerprint density at radius 1 is 1.05 bits per heavy atom. The summed E-state index contributed by atoms with van der Waals surface area (Å²) in [7, 11) is -1.20. The monoisotopic (exact) mass is 274 g/mol. The van der Waals surface area contributed by atoms with Crippen molar-refractivity contribution >= 4 is 19.8 Å². The molecule has 3 heteroatoms. The second-order valence-corrected chi connectivity index (χ2v) is 8.60. The first-order chi connectivity index (χ1) is 8.79. The molecule has 0 aliphatic heterocycles. The summed E-state index contributed by atoms with van der Waals surface area (Å²) in [6, 6.07) is 9.70. The first-order valence-corrected chi connectivity index (χ1v) is 9.50. The molecule has 2 nitrogen and oxygen atoms in total.